The minimum absolute atomic E-state index is 0.129. The Kier molecular flexibility index (Phi) is 5.99. The molecule has 6 heteroatoms. The van der Waals surface area contributed by atoms with Crippen molar-refractivity contribution in [2.75, 3.05) is 6.61 Å². The lowest BCUT2D eigenvalue weighted by atomic mass is 10.1. The standard InChI is InChI=1S/C22H24N2O4/c1-4-27-19-13-18-11-15(3)28-20(18)12-17(19)9-10-21(25)23-24-22(26)16-7-5-14(2)6-8-16/h5-10,12-13,15H,4,11H2,1-3H3,(H,23,25)(H,24,26)/b10-9+/t15-/m0/s1. The molecule has 2 N–H and O–H groups in total. The van der Waals surface area contributed by atoms with Crippen LogP contribution in [0.3, 0.4) is 0 Å². The van der Waals surface area contributed by atoms with Gasteiger partial charge in [-0.3, -0.25) is 20.4 Å². The summed E-state index contributed by atoms with van der Waals surface area (Å²) < 4.78 is 11.5. The first-order chi connectivity index (χ1) is 13.5. The highest BCUT2D eigenvalue weighted by Gasteiger charge is 2.21. The van der Waals surface area contributed by atoms with Crippen molar-refractivity contribution in [3.05, 3.63) is 64.7 Å². The van der Waals surface area contributed by atoms with Crippen LogP contribution in [0.15, 0.2) is 42.5 Å². The molecule has 3 rings (SSSR count). The Morgan fingerprint density at radius 1 is 1.21 bits per heavy atom. The normalized spacial score (nSPS) is 15.0. The van der Waals surface area contributed by atoms with Gasteiger partial charge >= 0.3 is 0 Å². The molecule has 0 saturated heterocycles. The first-order valence-electron chi connectivity index (χ1n) is 9.27. The molecule has 0 unspecified atom stereocenters. The van der Waals surface area contributed by atoms with Gasteiger partial charge in [-0.25, -0.2) is 0 Å². The van der Waals surface area contributed by atoms with Crippen molar-refractivity contribution in [1.82, 2.24) is 10.9 Å². The first kappa shape index (κ1) is 19.5. The Hall–Kier alpha value is -3.28. The summed E-state index contributed by atoms with van der Waals surface area (Å²) in [7, 11) is 0. The average molecular weight is 380 g/mol. The maximum atomic E-state index is 12.1. The van der Waals surface area contributed by atoms with E-state index in [4.69, 9.17) is 9.47 Å². The van der Waals surface area contributed by atoms with Crippen molar-refractivity contribution >= 4 is 17.9 Å². The molecule has 0 fully saturated rings. The van der Waals surface area contributed by atoms with Gasteiger partial charge in [-0.1, -0.05) is 17.7 Å². The predicted molar refractivity (Wildman–Crippen MR) is 107 cm³/mol. The molecule has 1 aliphatic heterocycles. The van der Waals surface area contributed by atoms with E-state index in [9.17, 15) is 9.59 Å². The molecule has 0 radical (unpaired) electrons. The van der Waals surface area contributed by atoms with Crippen LogP contribution in [0.1, 0.15) is 40.9 Å². The zero-order valence-electron chi connectivity index (χ0n) is 16.2. The fourth-order valence-electron chi connectivity index (χ4n) is 2.97. The lowest BCUT2D eigenvalue weighted by molar-refractivity contribution is -0.117. The molecule has 6 nitrogen and oxygen atoms in total. The number of aryl methyl sites for hydroxylation is 1. The van der Waals surface area contributed by atoms with Gasteiger partial charge in [-0.2, -0.15) is 0 Å². The van der Waals surface area contributed by atoms with Gasteiger partial charge < -0.3 is 9.47 Å². The average Bonchev–Trinajstić information content (AvgIpc) is 3.03. The first-order valence-corrected chi connectivity index (χ1v) is 9.27. The molecule has 0 aliphatic carbocycles. The van der Waals surface area contributed by atoms with Gasteiger partial charge in [-0.05, 0) is 51.1 Å². The van der Waals surface area contributed by atoms with Crippen LogP contribution in [0.2, 0.25) is 0 Å². The Bertz CT molecular complexity index is 903. The number of benzene rings is 2. The van der Waals surface area contributed by atoms with Crippen molar-refractivity contribution in [2.24, 2.45) is 0 Å². The van der Waals surface area contributed by atoms with Crippen molar-refractivity contribution < 1.29 is 19.1 Å². The van der Waals surface area contributed by atoms with Gasteiger partial charge in [0.25, 0.3) is 11.8 Å². The smallest absolute Gasteiger partial charge is 0.269 e. The fraction of sp³-hybridized carbons (Fsp3) is 0.273. The molecule has 0 aromatic heterocycles. The van der Waals surface area contributed by atoms with Crippen molar-refractivity contribution in [2.45, 2.75) is 33.3 Å². The maximum Gasteiger partial charge on any atom is 0.269 e. The largest absolute Gasteiger partial charge is 0.493 e. The second kappa shape index (κ2) is 8.61. The molecule has 146 valence electrons. The predicted octanol–water partition coefficient (Wildman–Crippen LogP) is 3.19. The van der Waals surface area contributed by atoms with E-state index in [0.29, 0.717) is 17.9 Å². The number of carbonyl (C=O) groups excluding carboxylic acids is 2. The van der Waals surface area contributed by atoms with Crippen LogP contribution < -0.4 is 20.3 Å². The number of nitrogens with one attached hydrogen (secondary N) is 2. The third-order valence-electron chi connectivity index (χ3n) is 4.36. The van der Waals surface area contributed by atoms with Crippen molar-refractivity contribution in [1.29, 1.82) is 0 Å². The Balaban J connectivity index is 1.64. The van der Waals surface area contributed by atoms with E-state index < -0.39 is 5.91 Å². The molecule has 2 aromatic carbocycles. The lowest BCUT2D eigenvalue weighted by Crippen LogP contribution is -2.40. The number of amides is 2. The molecule has 0 saturated carbocycles. The van der Waals surface area contributed by atoms with Gasteiger partial charge in [0, 0.05) is 29.2 Å². The molecule has 2 aromatic rings. The summed E-state index contributed by atoms with van der Waals surface area (Å²) in [5, 5.41) is 0. The third kappa shape index (κ3) is 4.71. The minimum Gasteiger partial charge on any atom is -0.493 e. The monoisotopic (exact) mass is 380 g/mol. The zero-order chi connectivity index (χ0) is 20.1. The van der Waals surface area contributed by atoms with E-state index in [-0.39, 0.29) is 12.0 Å². The van der Waals surface area contributed by atoms with E-state index in [1.54, 1.807) is 18.2 Å². The van der Waals surface area contributed by atoms with Crippen LogP contribution in [-0.2, 0) is 11.2 Å². The topological polar surface area (TPSA) is 76.7 Å². The van der Waals surface area contributed by atoms with Gasteiger partial charge in [-0.15, -0.1) is 0 Å². The number of hydrazine groups is 1. The number of hydrogen-bond acceptors (Lipinski definition) is 4. The Morgan fingerprint density at radius 2 is 1.96 bits per heavy atom. The molecule has 2 amide bonds. The van der Waals surface area contributed by atoms with Crippen LogP contribution in [0.5, 0.6) is 11.5 Å². The van der Waals surface area contributed by atoms with Crippen molar-refractivity contribution in [3.63, 3.8) is 0 Å². The van der Waals surface area contributed by atoms with E-state index in [2.05, 4.69) is 10.9 Å². The summed E-state index contributed by atoms with van der Waals surface area (Å²) in [6.45, 7) is 6.39. The maximum absolute atomic E-state index is 12.1. The van der Waals surface area contributed by atoms with Gasteiger partial charge in [0.2, 0.25) is 0 Å². The van der Waals surface area contributed by atoms with E-state index in [1.807, 2.05) is 45.0 Å². The number of carbonyl (C=O) groups is 2. The number of ether oxygens (including phenoxy) is 2. The van der Waals surface area contributed by atoms with Gasteiger partial charge in [0.05, 0.1) is 6.61 Å². The second-order valence-electron chi connectivity index (χ2n) is 6.71. The molecular formula is C22H24N2O4. The van der Waals surface area contributed by atoms with E-state index >= 15 is 0 Å². The SMILES string of the molecule is CCOc1cc2c(cc1/C=C/C(=O)NNC(=O)c1ccc(C)cc1)O[C@@H](C)C2. The zero-order valence-corrected chi connectivity index (χ0v) is 16.2. The fourth-order valence-corrected chi connectivity index (χ4v) is 2.97. The summed E-state index contributed by atoms with van der Waals surface area (Å²) >= 11 is 0. The molecule has 1 heterocycles. The molecule has 1 aliphatic rings. The molecule has 1 atom stereocenters. The van der Waals surface area contributed by atoms with Crippen LogP contribution in [0.25, 0.3) is 6.08 Å². The van der Waals surface area contributed by atoms with Gasteiger partial charge in [0.1, 0.15) is 17.6 Å². The molecular weight excluding hydrogens is 356 g/mol. The highest BCUT2D eigenvalue weighted by atomic mass is 16.5. The highest BCUT2D eigenvalue weighted by molar-refractivity contribution is 5.98. The summed E-state index contributed by atoms with van der Waals surface area (Å²) in [6.07, 6.45) is 3.96. The second-order valence-corrected chi connectivity index (χ2v) is 6.71. The summed E-state index contributed by atoms with van der Waals surface area (Å²) in [5.41, 5.74) is 8.15. The third-order valence-corrected chi connectivity index (χ3v) is 4.36. The van der Waals surface area contributed by atoms with Crippen molar-refractivity contribution in [3.8, 4) is 11.5 Å². The summed E-state index contributed by atoms with van der Waals surface area (Å²) in [6, 6.07) is 10.9. The van der Waals surface area contributed by atoms with E-state index in [1.165, 1.54) is 6.08 Å². The van der Waals surface area contributed by atoms with Crippen LogP contribution in [-0.4, -0.2) is 24.5 Å². The number of hydrogen-bond donors (Lipinski definition) is 2. The van der Waals surface area contributed by atoms with Gasteiger partial charge in [0.15, 0.2) is 0 Å². The molecule has 0 bridgehead atoms. The molecule has 0 spiro atoms. The number of rotatable bonds is 5. The number of fused-ring (bicyclic) bond motifs is 1. The van der Waals surface area contributed by atoms with E-state index in [0.717, 1.165) is 28.9 Å². The summed E-state index contributed by atoms with van der Waals surface area (Å²) in [4.78, 5) is 24.1. The highest BCUT2D eigenvalue weighted by Crippen LogP contribution is 2.35. The summed E-state index contributed by atoms with van der Waals surface area (Å²) in [5.74, 6) is 0.685. The molecule has 28 heavy (non-hydrogen) atoms. The lowest BCUT2D eigenvalue weighted by Gasteiger charge is -2.10. The Morgan fingerprint density at radius 3 is 2.68 bits per heavy atom. The van der Waals surface area contributed by atoms with Crippen LogP contribution >= 0.6 is 0 Å². The van der Waals surface area contributed by atoms with Crippen LogP contribution in [0, 0.1) is 6.92 Å². The quantitative estimate of drug-likeness (QED) is 0.617. The Labute approximate surface area is 164 Å². The minimum atomic E-state index is -0.447. The van der Waals surface area contributed by atoms with Crippen LogP contribution in [0.4, 0.5) is 0 Å².